The van der Waals surface area contributed by atoms with Crippen LogP contribution in [0.4, 0.5) is 0 Å². The number of rotatable bonds is 3. The number of amides is 1. The van der Waals surface area contributed by atoms with Gasteiger partial charge in [0.15, 0.2) is 0 Å². The van der Waals surface area contributed by atoms with Crippen molar-refractivity contribution in [3.05, 3.63) is 0 Å². The summed E-state index contributed by atoms with van der Waals surface area (Å²) in [5, 5.41) is 2.96. The molecule has 12 heavy (non-hydrogen) atoms. The summed E-state index contributed by atoms with van der Waals surface area (Å²) in [5.74, 6) is 0.160. The maximum atomic E-state index is 11.1. The second-order valence-corrected chi connectivity index (χ2v) is 3.23. The van der Waals surface area contributed by atoms with Gasteiger partial charge in [0, 0.05) is 13.0 Å². The zero-order chi connectivity index (χ0) is 8.81. The van der Waals surface area contributed by atoms with Gasteiger partial charge in [0.2, 0.25) is 5.91 Å². The van der Waals surface area contributed by atoms with Crippen LogP contribution in [0.5, 0.6) is 0 Å². The maximum Gasteiger partial charge on any atom is 0.220 e. The van der Waals surface area contributed by atoms with Gasteiger partial charge >= 0.3 is 0 Å². The van der Waals surface area contributed by atoms with Gasteiger partial charge in [-0.2, -0.15) is 0 Å². The fourth-order valence-electron chi connectivity index (χ4n) is 1.38. The summed E-state index contributed by atoms with van der Waals surface area (Å²) < 4.78 is 5.25. The normalized spacial score (nSPS) is 23.6. The Morgan fingerprint density at radius 3 is 3.08 bits per heavy atom. The van der Waals surface area contributed by atoms with E-state index in [-0.39, 0.29) is 11.9 Å². The monoisotopic (exact) mass is 171 g/mol. The van der Waals surface area contributed by atoms with E-state index in [1.807, 2.05) is 6.92 Å². The molecule has 1 heterocycles. The molecular formula is C9H17NO2. The van der Waals surface area contributed by atoms with Crippen molar-refractivity contribution in [3.63, 3.8) is 0 Å². The van der Waals surface area contributed by atoms with E-state index in [0.717, 1.165) is 25.9 Å². The van der Waals surface area contributed by atoms with Crippen LogP contribution in [0, 0.1) is 0 Å². The smallest absolute Gasteiger partial charge is 0.220 e. The quantitative estimate of drug-likeness (QED) is 0.690. The van der Waals surface area contributed by atoms with Crippen LogP contribution < -0.4 is 5.32 Å². The largest absolute Gasteiger partial charge is 0.379 e. The first-order chi connectivity index (χ1) is 5.83. The summed E-state index contributed by atoms with van der Waals surface area (Å²) in [4.78, 5) is 11.1. The minimum absolute atomic E-state index is 0.160. The summed E-state index contributed by atoms with van der Waals surface area (Å²) in [6.45, 7) is 3.55. The van der Waals surface area contributed by atoms with Crippen LogP contribution in [0.25, 0.3) is 0 Å². The van der Waals surface area contributed by atoms with Crippen molar-refractivity contribution >= 4 is 5.91 Å². The third-order valence-electron chi connectivity index (χ3n) is 2.00. The van der Waals surface area contributed by atoms with Crippen molar-refractivity contribution in [1.82, 2.24) is 5.32 Å². The zero-order valence-corrected chi connectivity index (χ0v) is 7.64. The van der Waals surface area contributed by atoms with Crippen LogP contribution in [-0.2, 0) is 9.53 Å². The van der Waals surface area contributed by atoms with E-state index >= 15 is 0 Å². The van der Waals surface area contributed by atoms with Crippen molar-refractivity contribution in [3.8, 4) is 0 Å². The van der Waals surface area contributed by atoms with E-state index in [4.69, 9.17) is 4.74 Å². The number of hydrogen-bond donors (Lipinski definition) is 1. The van der Waals surface area contributed by atoms with Crippen LogP contribution in [0.15, 0.2) is 0 Å². The molecule has 1 rings (SSSR count). The van der Waals surface area contributed by atoms with Gasteiger partial charge in [-0.1, -0.05) is 6.92 Å². The molecule has 0 saturated carbocycles. The molecule has 3 heteroatoms. The topological polar surface area (TPSA) is 38.3 Å². The standard InChI is InChI=1S/C9H17NO2/c1-2-4-9(11)10-8-5-3-6-12-7-8/h8H,2-7H2,1H3,(H,10,11)/t8-/m1/s1. The van der Waals surface area contributed by atoms with Gasteiger partial charge in [-0.05, 0) is 19.3 Å². The molecule has 1 aliphatic heterocycles. The number of carbonyl (C=O) groups is 1. The average molecular weight is 171 g/mol. The molecule has 1 aliphatic rings. The Labute approximate surface area is 73.5 Å². The predicted molar refractivity (Wildman–Crippen MR) is 46.9 cm³/mol. The fraction of sp³-hybridized carbons (Fsp3) is 0.889. The van der Waals surface area contributed by atoms with E-state index in [9.17, 15) is 4.79 Å². The molecule has 0 aromatic heterocycles. The Morgan fingerprint density at radius 1 is 1.67 bits per heavy atom. The lowest BCUT2D eigenvalue weighted by Crippen LogP contribution is -2.40. The van der Waals surface area contributed by atoms with Gasteiger partial charge in [-0.3, -0.25) is 4.79 Å². The number of hydrogen-bond acceptors (Lipinski definition) is 2. The van der Waals surface area contributed by atoms with Crippen LogP contribution in [0.2, 0.25) is 0 Å². The lowest BCUT2D eigenvalue weighted by atomic mass is 10.1. The lowest BCUT2D eigenvalue weighted by Gasteiger charge is -2.22. The van der Waals surface area contributed by atoms with Gasteiger partial charge in [0.1, 0.15) is 0 Å². The Morgan fingerprint density at radius 2 is 2.50 bits per heavy atom. The average Bonchev–Trinajstić information content (AvgIpc) is 2.06. The lowest BCUT2D eigenvalue weighted by molar-refractivity contribution is -0.122. The molecule has 0 spiro atoms. The van der Waals surface area contributed by atoms with E-state index < -0.39 is 0 Å². The highest BCUT2D eigenvalue weighted by atomic mass is 16.5. The van der Waals surface area contributed by atoms with E-state index in [0.29, 0.717) is 13.0 Å². The number of nitrogens with one attached hydrogen (secondary N) is 1. The van der Waals surface area contributed by atoms with Crippen molar-refractivity contribution in [2.24, 2.45) is 0 Å². The maximum absolute atomic E-state index is 11.1. The fourth-order valence-corrected chi connectivity index (χ4v) is 1.38. The van der Waals surface area contributed by atoms with Gasteiger partial charge in [0.25, 0.3) is 0 Å². The Balaban J connectivity index is 2.15. The SMILES string of the molecule is CCCC(=O)N[C@@H]1CCCOC1. The molecule has 0 bridgehead atoms. The first-order valence-corrected chi connectivity index (χ1v) is 4.70. The summed E-state index contributed by atoms with van der Waals surface area (Å²) in [5.41, 5.74) is 0. The molecule has 1 fully saturated rings. The summed E-state index contributed by atoms with van der Waals surface area (Å²) in [6.07, 6.45) is 3.68. The first kappa shape index (κ1) is 9.52. The zero-order valence-electron chi connectivity index (χ0n) is 7.64. The molecule has 1 N–H and O–H groups in total. The molecule has 0 unspecified atom stereocenters. The van der Waals surface area contributed by atoms with Gasteiger partial charge in [-0.25, -0.2) is 0 Å². The van der Waals surface area contributed by atoms with E-state index in [2.05, 4.69) is 5.32 Å². The minimum atomic E-state index is 0.160. The summed E-state index contributed by atoms with van der Waals surface area (Å²) in [6, 6.07) is 0.262. The van der Waals surface area contributed by atoms with Gasteiger partial charge in [0.05, 0.1) is 12.6 Å². The highest BCUT2D eigenvalue weighted by Crippen LogP contribution is 2.05. The Hall–Kier alpha value is -0.570. The third kappa shape index (κ3) is 3.22. The van der Waals surface area contributed by atoms with E-state index in [1.54, 1.807) is 0 Å². The summed E-state index contributed by atoms with van der Waals surface area (Å²) >= 11 is 0. The van der Waals surface area contributed by atoms with Gasteiger partial charge < -0.3 is 10.1 Å². The highest BCUT2D eigenvalue weighted by molar-refractivity contribution is 5.76. The Bertz CT molecular complexity index is 141. The van der Waals surface area contributed by atoms with Crippen LogP contribution >= 0.6 is 0 Å². The number of carbonyl (C=O) groups excluding carboxylic acids is 1. The molecule has 1 atom stereocenters. The minimum Gasteiger partial charge on any atom is -0.379 e. The number of ether oxygens (including phenoxy) is 1. The molecule has 70 valence electrons. The predicted octanol–water partition coefficient (Wildman–Crippen LogP) is 1.08. The van der Waals surface area contributed by atoms with Crippen LogP contribution in [-0.4, -0.2) is 25.2 Å². The highest BCUT2D eigenvalue weighted by Gasteiger charge is 2.14. The third-order valence-corrected chi connectivity index (χ3v) is 2.00. The Kier molecular flexibility index (Phi) is 4.08. The van der Waals surface area contributed by atoms with E-state index in [1.165, 1.54) is 0 Å². The van der Waals surface area contributed by atoms with Gasteiger partial charge in [-0.15, -0.1) is 0 Å². The van der Waals surface area contributed by atoms with Crippen LogP contribution in [0.1, 0.15) is 32.6 Å². The van der Waals surface area contributed by atoms with Crippen molar-refractivity contribution in [2.75, 3.05) is 13.2 Å². The molecular weight excluding hydrogens is 154 g/mol. The molecule has 0 radical (unpaired) electrons. The molecule has 3 nitrogen and oxygen atoms in total. The summed E-state index contributed by atoms with van der Waals surface area (Å²) in [7, 11) is 0. The van der Waals surface area contributed by atoms with Crippen molar-refractivity contribution in [1.29, 1.82) is 0 Å². The molecule has 0 aliphatic carbocycles. The van der Waals surface area contributed by atoms with Crippen molar-refractivity contribution < 1.29 is 9.53 Å². The van der Waals surface area contributed by atoms with Crippen LogP contribution in [0.3, 0.4) is 0 Å². The molecule has 0 aromatic carbocycles. The van der Waals surface area contributed by atoms with Crippen molar-refractivity contribution in [2.45, 2.75) is 38.6 Å². The molecule has 1 amide bonds. The molecule has 1 saturated heterocycles. The second kappa shape index (κ2) is 5.14. The molecule has 0 aromatic rings. The first-order valence-electron chi connectivity index (χ1n) is 4.70. The second-order valence-electron chi connectivity index (χ2n) is 3.23.